The summed E-state index contributed by atoms with van der Waals surface area (Å²) in [5.74, 6) is -0.811. The predicted octanol–water partition coefficient (Wildman–Crippen LogP) is 5.22. The van der Waals surface area contributed by atoms with Crippen molar-refractivity contribution in [3.63, 3.8) is 0 Å². The minimum absolute atomic E-state index is 0.187. The summed E-state index contributed by atoms with van der Waals surface area (Å²) in [4.78, 5) is 12.3. The molecule has 0 fully saturated rings. The van der Waals surface area contributed by atoms with Crippen LogP contribution in [0, 0.1) is 23.0 Å². The zero-order valence-corrected chi connectivity index (χ0v) is 15.0. The average Bonchev–Trinajstić information content (AvgIpc) is 2.73. The Kier molecular flexibility index (Phi) is 6.18. The van der Waals surface area contributed by atoms with Crippen LogP contribution in [-0.4, -0.2) is 5.91 Å². The van der Waals surface area contributed by atoms with Gasteiger partial charge in [0.25, 0.3) is 5.91 Å². The molecule has 144 valence electrons. The molecule has 3 aromatic rings. The van der Waals surface area contributed by atoms with Crippen LogP contribution < -0.4 is 15.4 Å². The van der Waals surface area contributed by atoms with Crippen molar-refractivity contribution in [1.82, 2.24) is 0 Å². The van der Waals surface area contributed by atoms with E-state index in [0.717, 1.165) is 24.4 Å². The topological polar surface area (TPSA) is 74.2 Å². The van der Waals surface area contributed by atoms with Crippen LogP contribution in [0.2, 0.25) is 0 Å². The van der Waals surface area contributed by atoms with E-state index in [1.807, 2.05) is 30.3 Å². The van der Waals surface area contributed by atoms with Gasteiger partial charge in [0.05, 0.1) is 5.69 Å². The summed E-state index contributed by atoms with van der Waals surface area (Å²) >= 11 is 0. The summed E-state index contributed by atoms with van der Waals surface area (Å²) in [5, 5.41) is 14.2. The van der Waals surface area contributed by atoms with Gasteiger partial charge in [-0.05, 0) is 48.5 Å². The second-order valence-electron chi connectivity index (χ2n) is 5.83. The molecule has 5 nitrogen and oxygen atoms in total. The number of carbonyl (C=O) groups is 1. The van der Waals surface area contributed by atoms with Gasteiger partial charge in [-0.15, -0.1) is 0 Å². The summed E-state index contributed by atoms with van der Waals surface area (Å²) < 4.78 is 32.5. The second-order valence-corrected chi connectivity index (χ2v) is 5.83. The number of ether oxygens (including phenoxy) is 1. The lowest BCUT2D eigenvalue weighted by atomic mass is 10.2. The first-order valence-electron chi connectivity index (χ1n) is 8.51. The molecule has 0 saturated heterocycles. The van der Waals surface area contributed by atoms with Gasteiger partial charge in [-0.1, -0.05) is 18.2 Å². The van der Waals surface area contributed by atoms with Crippen molar-refractivity contribution in [2.24, 2.45) is 0 Å². The Morgan fingerprint density at radius 2 is 1.66 bits per heavy atom. The van der Waals surface area contributed by atoms with Crippen molar-refractivity contribution in [1.29, 1.82) is 5.26 Å². The van der Waals surface area contributed by atoms with E-state index in [4.69, 9.17) is 4.74 Å². The molecule has 2 N–H and O–H groups in total. The molecule has 3 rings (SSSR count). The molecule has 0 bridgehead atoms. The number of carbonyl (C=O) groups excluding carboxylic acids is 1. The number of hydrogen-bond donors (Lipinski definition) is 2. The number of nitrogens with one attached hydrogen (secondary N) is 2. The monoisotopic (exact) mass is 391 g/mol. The molecular formula is C22H15F2N3O2. The van der Waals surface area contributed by atoms with Crippen molar-refractivity contribution in [3.05, 3.63) is 96.2 Å². The normalized spacial score (nSPS) is 10.7. The molecular weight excluding hydrogens is 376 g/mol. The molecule has 3 aromatic carbocycles. The van der Waals surface area contributed by atoms with Gasteiger partial charge < -0.3 is 15.4 Å². The number of para-hydroxylation sites is 1. The van der Waals surface area contributed by atoms with Crippen LogP contribution in [0.1, 0.15) is 0 Å². The molecule has 0 unspecified atom stereocenters. The number of anilines is 2. The van der Waals surface area contributed by atoms with Crippen LogP contribution in [0.5, 0.6) is 11.5 Å². The lowest BCUT2D eigenvalue weighted by Gasteiger charge is -2.08. The first kappa shape index (κ1) is 19.6. The minimum Gasteiger partial charge on any atom is -0.457 e. The van der Waals surface area contributed by atoms with Crippen LogP contribution in [-0.2, 0) is 4.79 Å². The number of nitrogens with zero attached hydrogens (tertiary/aromatic N) is 1. The summed E-state index contributed by atoms with van der Waals surface area (Å²) in [6, 6.07) is 20.3. The lowest BCUT2D eigenvalue weighted by Crippen LogP contribution is -2.14. The van der Waals surface area contributed by atoms with E-state index in [0.29, 0.717) is 17.2 Å². The van der Waals surface area contributed by atoms with E-state index in [2.05, 4.69) is 10.6 Å². The summed E-state index contributed by atoms with van der Waals surface area (Å²) in [6.07, 6.45) is 1.01. The van der Waals surface area contributed by atoms with E-state index in [1.165, 1.54) is 0 Å². The van der Waals surface area contributed by atoms with Gasteiger partial charge in [0.1, 0.15) is 34.8 Å². The van der Waals surface area contributed by atoms with Crippen LogP contribution in [0.4, 0.5) is 20.2 Å². The van der Waals surface area contributed by atoms with Gasteiger partial charge in [0, 0.05) is 18.0 Å². The van der Waals surface area contributed by atoms with Crippen LogP contribution in [0.3, 0.4) is 0 Å². The molecule has 0 aliphatic carbocycles. The van der Waals surface area contributed by atoms with Gasteiger partial charge in [-0.3, -0.25) is 4.79 Å². The van der Waals surface area contributed by atoms with Gasteiger partial charge in [0.2, 0.25) is 0 Å². The zero-order chi connectivity index (χ0) is 20.6. The Balaban J connectivity index is 1.64. The summed E-state index contributed by atoms with van der Waals surface area (Å²) in [6.45, 7) is 0. The Hall–Kier alpha value is -4.18. The first-order valence-corrected chi connectivity index (χ1v) is 8.51. The van der Waals surface area contributed by atoms with Crippen molar-refractivity contribution in [3.8, 4) is 17.6 Å². The van der Waals surface area contributed by atoms with E-state index >= 15 is 0 Å². The summed E-state index contributed by atoms with van der Waals surface area (Å²) in [5.41, 5.74) is -0.0558. The molecule has 0 heterocycles. The number of nitriles is 1. The fraction of sp³-hybridized carbons (Fsp3) is 0. The number of halogens is 2. The quantitative estimate of drug-likeness (QED) is 0.447. The lowest BCUT2D eigenvalue weighted by molar-refractivity contribution is -0.112. The highest BCUT2D eigenvalue weighted by molar-refractivity contribution is 6.06. The average molecular weight is 391 g/mol. The van der Waals surface area contributed by atoms with Gasteiger partial charge in [-0.25, -0.2) is 8.78 Å². The van der Waals surface area contributed by atoms with E-state index in [9.17, 15) is 18.8 Å². The van der Waals surface area contributed by atoms with Crippen molar-refractivity contribution in [2.45, 2.75) is 0 Å². The standard InChI is InChI=1S/C22H15F2N3O2/c23-16-6-11-20(24)21(12-16)26-14-15(13-25)22(28)27-17-7-9-19(10-8-17)29-18-4-2-1-3-5-18/h1-12,14,26H,(H,27,28)/b15-14-. The van der Waals surface area contributed by atoms with Crippen LogP contribution in [0.15, 0.2) is 84.6 Å². The fourth-order valence-electron chi connectivity index (χ4n) is 2.34. The smallest absolute Gasteiger partial charge is 0.267 e. The second kappa shape index (κ2) is 9.15. The molecule has 0 aliphatic heterocycles. The zero-order valence-electron chi connectivity index (χ0n) is 15.0. The number of hydrogen-bond acceptors (Lipinski definition) is 4. The van der Waals surface area contributed by atoms with Crippen molar-refractivity contribution < 1.29 is 18.3 Å². The molecule has 29 heavy (non-hydrogen) atoms. The predicted molar refractivity (Wildman–Crippen MR) is 105 cm³/mol. The third-order valence-corrected chi connectivity index (χ3v) is 3.76. The highest BCUT2D eigenvalue weighted by atomic mass is 19.1. The molecule has 1 amide bonds. The molecule has 0 aromatic heterocycles. The highest BCUT2D eigenvalue weighted by Gasteiger charge is 2.10. The fourth-order valence-corrected chi connectivity index (χ4v) is 2.34. The molecule has 7 heteroatoms. The highest BCUT2D eigenvalue weighted by Crippen LogP contribution is 2.23. The molecule has 0 saturated carbocycles. The van der Waals surface area contributed by atoms with Gasteiger partial charge >= 0.3 is 0 Å². The summed E-state index contributed by atoms with van der Waals surface area (Å²) in [7, 11) is 0. The molecule has 0 spiro atoms. The number of rotatable bonds is 6. The van der Waals surface area contributed by atoms with Gasteiger partial charge in [-0.2, -0.15) is 5.26 Å². The van der Waals surface area contributed by atoms with Crippen LogP contribution in [0.25, 0.3) is 0 Å². The molecule has 0 aliphatic rings. The maximum Gasteiger partial charge on any atom is 0.267 e. The van der Waals surface area contributed by atoms with E-state index in [-0.39, 0.29) is 11.3 Å². The van der Waals surface area contributed by atoms with E-state index in [1.54, 1.807) is 30.3 Å². The third-order valence-electron chi connectivity index (χ3n) is 3.76. The van der Waals surface area contributed by atoms with Crippen molar-refractivity contribution in [2.75, 3.05) is 10.6 Å². The SMILES string of the molecule is N#C/C(=C/Nc1cc(F)ccc1F)C(=O)Nc1ccc(Oc2ccccc2)cc1. The van der Waals surface area contributed by atoms with Crippen molar-refractivity contribution >= 4 is 17.3 Å². The largest absolute Gasteiger partial charge is 0.457 e. The van der Waals surface area contributed by atoms with Gasteiger partial charge in [0.15, 0.2) is 0 Å². The maximum absolute atomic E-state index is 13.6. The van der Waals surface area contributed by atoms with Crippen LogP contribution >= 0.6 is 0 Å². The Morgan fingerprint density at radius 3 is 2.34 bits per heavy atom. The number of amides is 1. The van der Waals surface area contributed by atoms with E-state index < -0.39 is 17.5 Å². The third kappa shape index (κ3) is 5.40. The Morgan fingerprint density at radius 1 is 0.966 bits per heavy atom. The maximum atomic E-state index is 13.6. The number of benzene rings is 3. The minimum atomic E-state index is -0.714. The Bertz CT molecular complexity index is 1080. The molecule has 0 atom stereocenters. The Labute approximate surface area is 165 Å². The first-order chi connectivity index (χ1) is 14.0. The molecule has 0 radical (unpaired) electrons.